The van der Waals surface area contributed by atoms with Gasteiger partial charge in [-0.1, -0.05) is 13.8 Å². The molecule has 5 nitrogen and oxygen atoms in total. The van der Waals surface area contributed by atoms with Crippen molar-refractivity contribution < 1.29 is 9.53 Å². The van der Waals surface area contributed by atoms with Crippen LogP contribution in [0, 0.1) is 11.3 Å². The first kappa shape index (κ1) is 16.7. The van der Waals surface area contributed by atoms with E-state index in [-0.39, 0.29) is 6.04 Å². The van der Waals surface area contributed by atoms with Crippen LogP contribution in [0.4, 0.5) is 4.79 Å². The van der Waals surface area contributed by atoms with Crippen molar-refractivity contribution >= 4 is 6.09 Å². The van der Waals surface area contributed by atoms with Crippen molar-refractivity contribution in [1.82, 2.24) is 10.2 Å². The van der Waals surface area contributed by atoms with E-state index < -0.39 is 11.7 Å². The smallest absolute Gasteiger partial charge is 0.407 e. The first-order valence-electron chi connectivity index (χ1n) is 6.44. The van der Waals surface area contributed by atoms with E-state index in [9.17, 15) is 4.79 Å². The Bertz CT molecular complexity index is 288. The van der Waals surface area contributed by atoms with Gasteiger partial charge in [-0.3, -0.25) is 4.90 Å². The number of nitrogens with one attached hydrogen (secondary N) is 1. The summed E-state index contributed by atoms with van der Waals surface area (Å²) in [5.41, 5.74) is -0.489. The van der Waals surface area contributed by atoms with E-state index in [1.165, 1.54) is 0 Å². The second-order valence-electron chi connectivity index (χ2n) is 5.08. The van der Waals surface area contributed by atoms with E-state index in [0.717, 1.165) is 13.1 Å². The van der Waals surface area contributed by atoms with Crippen LogP contribution >= 0.6 is 0 Å². The lowest BCUT2D eigenvalue weighted by molar-refractivity contribution is 0.0524. The molecule has 0 rings (SSSR count). The average molecular weight is 255 g/mol. The third-order valence-electron chi connectivity index (χ3n) is 2.49. The first-order valence-corrected chi connectivity index (χ1v) is 6.44. The molecule has 1 unspecified atom stereocenters. The van der Waals surface area contributed by atoms with Crippen LogP contribution in [-0.2, 0) is 4.74 Å². The van der Waals surface area contributed by atoms with Gasteiger partial charge in [-0.2, -0.15) is 5.26 Å². The van der Waals surface area contributed by atoms with Crippen molar-refractivity contribution in [2.75, 3.05) is 19.6 Å². The third-order valence-corrected chi connectivity index (χ3v) is 2.49. The van der Waals surface area contributed by atoms with E-state index in [1.54, 1.807) is 0 Å². The average Bonchev–Trinajstić information content (AvgIpc) is 2.25. The molecule has 18 heavy (non-hydrogen) atoms. The van der Waals surface area contributed by atoms with Crippen LogP contribution < -0.4 is 5.32 Å². The van der Waals surface area contributed by atoms with Gasteiger partial charge in [0.15, 0.2) is 0 Å². The van der Waals surface area contributed by atoms with Gasteiger partial charge in [-0.25, -0.2) is 4.79 Å². The van der Waals surface area contributed by atoms with Crippen molar-refractivity contribution in [2.45, 2.75) is 52.7 Å². The predicted molar refractivity (Wildman–Crippen MR) is 71.2 cm³/mol. The fourth-order valence-electron chi connectivity index (χ4n) is 1.62. The molecule has 0 saturated carbocycles. The van der Waals surface area contributed by atoms with Gasteiger partial charge >= 0.3 is 6.09 Å². The van der Waals surface area contributed by atoms with Gasteiger partial charge < -0.3 is 10.1 Å². The van der Waals surface area contributed by atoms with Crippen LogP contribution in [0.2, 0.25) is 0 Å². The molecule has 0 fully saturated rings. The number of rotatable bonds is 6. The molecule has 0 radical (unpaired) electrons. The number of nitriles is 1. The number of hydrogen-bond acceptors (Lipinski definition) is 4. The van der Waals surface area contributed by atoms with Crippen molar-refractivity contribution in [1.29, 1.82) is 5.26 Å². The highest BCUT2D eigenvalue weighted by Crippen LogP contribution is 2.07. The molecule has 0 aromatic heterocycles. The van der Waals surface area contributed by atoms with E-state index in [2.05, 4.69) is 16.3 Å². The molecule has 0 aromatic rings. The molecule has 0 aromatic carbocycles. The van der Waals surface area contributed by atoms with Crippen LogP contribution in [0.1, 0.15) is 41.0 Å². The standard InChI is InChI=1S/C13H25N3O2/c1-6-16(7-2)11(10-14)8-9-15-12(17)18-13(3,4)5/h11H,6-9H2,1-5H3,(H,15,17). The molecular weight excluding hydrogens is 230 g/mol. The van der Waals surface area contributed by atoms with E-state index >= 15 is 0 Å². The monoisotopic (exact) mass is 255 g/mol. The topological polar surface area (TPSA) is 65.4 Å². The fourth-order valence-corrected chi connectivity index (χ4v) is 1.62. The Labute approximate surface area is 110 Å². The number of ether oxygens (including phenoxy) is 1. The molecule has 1 amide bonds. The highest BCUT2D eigenvalue weighted by atomic mass is 16.6. The zero-order chi connectivity index (χ0) is 14.2. The summed E-state index contributed by atoms with van der Waals surface area (Å²) < 4.78 is 5.12. The zero-order valence-electron chi connectivity index (χ0n) is 12.1. The van der Waals surface area contributed by atoms with Crippen molar-refractivity contribution in [3.8, 4) is 6.07 Å². The Morgan fingerprint density at radius 1 is 1.39 bits per heavy atom. The zero-order valence-corrected chi connectivity index (χ0v) is 12.1. The first-order chi connectivity index (χ1) is 8.34. The normalized spacial score (nSPS) is 12.9. The van der Waals surface area contributed by atoms with Gasteiger partial charge in [0.25, 0.3) is 0 Å². The highest BCUT2D eigenvalue weighted by molar-refractivity contribution is 5.67. The molecule has 0 heterocycles. The van der Waals surface area contributed by atoms with Crippen LogP contribution in [0.15, 0.2) is 0 Å². The van der Waals surface area contributed by atoms with Crippen molar-refractivity contribution in [3.63, 3.8) is 0 Å². The lowest BCUT2D eigenvalue weighted by Crippen LogP contribution is -2.38. The number of carbonyl (C=O) groups is 1. The van der Waals surface area contributed by atoms with Gasteiger partial charge in [0.1, 0.15) is 5.60 Å². The van der Waals surface area contributed by atoms with Gasteiger partial charge in [-0.05, 0) is 40.3 Å². The Balaban J connectivity index is 4.02. The summed E-state index contributed by atoms with van der Waals surface area (Å²) in [5.74, 6) is 0. The number of alkyl carbamates (subject to hydrolysis) is 1. The Hall–Kier alpha value is -1.28. The summed E-state index contributed by atoms with van der Waals surface area (Å²) in [6.45, 7) is 11.6. The minimum Gasteiger partial charge on any atom is -0.444 e. The molecular formula is C13H25N3O2. The molecule has 0 spiro atoms. The second-order valence-corrected chi connectivity index (χ2v) is 5.08. The second kappa shape index (κ2) is 7.93. The van der Waals surface area contributed by atoms with Crippen LogP contribution in [0.3, 0.4) is 0 Å². The largest absolute Gasteiger partial charge is 0.444 e. The van der Waals surface area contributed by atoms with E-state index in [4.69, 9.17) is 10.00 Å². The minimum absolute atomic E-state index is 0.157. The van der Waals surface area contributed by atoms with Crippen LogP contribution in [0.25, 0.3) is 0 Å². The molecule has 0 aliphatic rings. The maximum absolute atomic E-state index is 11.4. The third kappa shape index (κ3) is 7.13. The van der Waals surface area contributed by atoms with Gasteiger partial charge in [0, 0.05) is 6.54 Å². The molecule has 1 atom stereocenters. The maximum Gasteiger partial charge on any atom is 0.407 e. The summed E-state index contributed by atoms with van der Waals surface area (Å²) in [4.78, 5) is 13.5. The van der Waals surface area contributed by atoms with Crippen LogP contribution in [-0.4, -0.2) is 42.3 Å². The van der Waals surface area contributed by atoms with Crippen LogP contribution in [0.5, 0.6) is 0 Å². The van der Waals surface area contributed by atoms with E-state index in [1.807, 2.05) is 34.6 Å². The fraction of sp³-hybridized carbons (Fsp3) is 0.846. The SMILES string of the molecule is CCN(CC)C(C#N)CCNC(=O)OC(C)(C)C. The summed E-state index contributed by atoms with van der Waals surface area (Å²) in [6, 6.07) is 2.10. The number of hydrogen-bond donors (Lipinski definition) is 1. The lowest BCUT2D eigenvalue weighted by Gasteiger charge is -2.24. The van der Waals surface area contributed by atoms with Crippen molar-refractivity contribution in [2.24, 2.45) is 0 Å². The molecule has 1 N–H and O–H groups in total. The summed E-state index contributed by atoms with van der Waals surface area (Å²) in [6.07, 6.45) is 0.177. The lowest BCUT2D eigenvalue weighted by atomic mass is 10.2. The van der Waals surface area contributed by atoms with Gasteiger partial charge in [-0.15, -0.1) is 0 Å². The number of amides is 1. The minimum atomic E-state index is -0.489. The Morgan fingerprint density at radius 2 is 1.94 bits per heavy atom. The molecule has 0 saturated heterocycles. The summed E-state index contributed by atoms with van der Waals surface area (Å²) >= 11 is 0. The Morgan fingerprint density at radius 3 is 2.33 bits per heavy atom. The summed E-state index contributed by atoms with van der Waals surface area (Å²) in [5, 5.41) is 11.7. The number of nitrogens with zero attached hydrogens (tertiary/aromatic N) is 2. The maximum atomic E-state index is 11.4. The number of carbonyl (C=O) groups excluding carboxylic acids is 1. The quantitative estimate of drug-likeness (QED) is 0.789. The molecule has 0 aliphatic heterocycles. The molecule has 5 heteroatoms. The highest BCUT2D eigenvalue weighted by Gasteiger charge is 2.17. The molecule has 0 bridgehead atoms. The summed E-state index contributed by atoms with van der Waals surface area (Å²) in [7, 11) is 0. The van der Waals surface area contributed by atoms with Gasteiger partial charge in [0.2, 0.25) is 0 Å². The van der Waals surface area contributed by atoms with E-state index in [0.29, 0.717) is 13.0 Å². The molecule has 0 aliphatic carbocycles. The van der Waals surface area contributed by atoms with Gasteiger partial charge in [0.05, 0.1) is 12.1 Å². The van der Waals surface area contributed by atoms with Crippen molar-refractivity contribution in [3.05, 3.63) is 0 Å². The predicted octanol–water partition coefficient (Wildman–Crippen LogP) is 2.14. The molecule has 104 valence electrons. The Kier molecular flexibility index (Phi) is 7.37.